The van der Waals surface area contributed by atoms with Crippen molar-refractivity contribution in [3.63, 3.8) is 0 Å². The molecule has 6 heteroatoms. The average Bonchev–Trinajstić information content (AvgIpc) is 3.05. The van der Waals surface area contributed by atoms with E-state index in [1.54, 1.807) is 0 Å². The van der Waals surface area contributed by atoms with Gasteiger partial charge >= 0.3 is 0 Å². The zero-order valence-electron chi connectivity index (χ0n) is 18.5. The molecule has 4 aromatic rings. The van der Waals surface area contributed by atoms with Gasteiger partial charge in [0.05, 0.1) is 23.6 Å². The number of aromatic nitrogens is 3. The van der Waals surface area contributed by atoms with Crippen molar-refractivity contribution < 1.29 is 4.74 Å². The molecule has 0 bridgehead atoms. The van der Waals surface area contributed by atoms with Gasteiger partial charge in [-0.05, 0) is 44.2 Å². The Kier molecular flexibility index (Phi) is 5.63. The SMILES string of the molecule is CCOc1ccc(Nc2cc(C(C)(C)C)nc3c(-c4ccccc4Cl)c(C)nn23)cc1. The van der Waals surface area contributed by atoms with Crippen LogP contribution in [0.4, 0.5) is 11.5 Å². The van der Waals surface area contributed by atoms with Crippen LogP contribution in [-0.2, 0) is 5.41 Å². The highest BCUT2D eigenvalue weighted by Crippen LogP contribution is 2.36. The average molecular weight is 435 g/mol. The molecule has 0 aliphatic rings. The van der Waals surface area contributed by atoms with Gasteiger partial charge in [-0.25, -0.2) is 4.98 Å². The number of nitrogens with zero attached hydrogens (tertiary/aromatic N) is 3. The van der Waals surface area contributed by atoms with Crippen molar-refractivity contribution in [3.8, 4) is 16.9 Å². The van der Waals surface area contributed by atoms with Gasteiger partial charge in [-0.1, -0.05) is 50.6 Å². The number of fused-ring (bicyclic) bond motifs is 1. The molecule has 0 aliphatic carbocycles. The first kappa shape index (κ1) is 21.2. The maximum absolute atomic E-state index is 6.54. The van der Waals surface area contributed by atoms with E-state index in [9.17, 15) is 0 Å². The molecular weight excluding hydrogens is 408 g/mol. The molecule has 0 saturated carbocycles. The Labute approximate surface area is 188 Å². The summed E-state index contributed by atoms with van der Waals surface area (Å²) in [6.07, 6.45) is 0. The lowest BCUT2D eigenvalue weighted by molar-refractivity contribution is 0.340. The highest BCUT2D eigenvalue weighted by atomic mass is 35.5. The summed E-state index contributed by atoms with van der Waals surface area (Å²) in [5, 5.41) is 9.00. The Morgan fingerprint density at radius 2 is 1.77 bits per heavy atom. The van der Waals surface area contributed by atoms with E-state index in [1.807, 2.05) is 66.9 Å². The van der Waals surface area contributed by atoms with Crippen LogP contribution < -0.4 is 10.1 Å². The van der Waals surface area contributed by atoms with Gasteiger partial charge in [0.1, 0.15) is 11.6 Å². The first-order chi connectivity index (χ1) is 14.8. The fraction of sp³-hybridized carbons (Fsp3) is 0.280. The molecule has 2 aromatic heterocycles. The van der Waals surface area contributed by atoms with E-state index in [1.165, 1.54) is 0 Å². The molecule has 0 aliphatic heterocycles. The third-order valence-corrected chi connectivity index (χ3v) is 5.44. The molecule has 160 valence electrons. The van der Waals surface area contributed by atoms with Crippen LogP contribution in [0.1, 0.15) is 39.1 Å². The molecule has 2 aromatic carbocycles. The first-order valence-corrected chi connectivity index (χ1v) is 10.8. The van der Waals surface area contributed by atoms with Gasteiger partial charge in [-0.15, -0.1) is 0 Å². The second-order valence-corrected chi connectivity index (χ2v) is 8.94. The molecule has 2 heterocycles. The van der Waals surface area contributed by atoms with Crippen LogP contribution in [0.15, 0.2) is 54.6 Å². The fourth-order valence-corrected chi connectivity index (χ4v) is 3.76. The molecule has 31 heavy (non-hydrogen) atoms. The van der Waals surface area contributed by atoms with Crippen molar-refractivity contribution in [2.45, 2.75) is 40.0 Å². The summed E-state index contributed by atoms with van der Waals surface area (Å²) in [4.78, 5) is 5.01. The van der Waals surface area contributed by atoms with E-state index >= 15 is 0 Å². The Morgan fingerprint density at radius 3 is 2.42 bits per heavy atom. The Bertz CT molecular complexity index is 1220. The molecule has 0 saturated heterocycles. The van der Waals surface area contributed by atoms with Crippen molar-refractivity contribution in [2.75, 3.05) is 11.9 Å². The highest BCUT2D eigenvalue weighted by molar-refractivity contribution is 6.33. The first-order valence-electron chi connectivity index (χ1n) is 10.4. The molecule has 0 amide bonds. The predicted octanol–water partition coefficient (Wildman–Crippen LogP) is 6.80. The van der Waals surface area contributed by atoms with E-state index in [0.29, 0.717) is 11.6 Å². The van der Waals surface area contributed by atoms with Crippen molar-refractivity contribution in [1.82, 2.24) is 14.6 Å². The zero-order chi connectivity index (χ0) is 22.2. The van der Waals surface area contributed by atoms with Crippen LogP contribution in [0.2, 0.25) is 5.02 Å². The number of halogens is 1. The number of rotatable bonds is 5. The largest absolute Gasteiger partial charge is 0.494 e. The van der Waals surface area contributed by atoms with Gasteiger partial charge in [-0.2, -0.15) is 9.61 Å². The summed E-state index contributed by atoms with van der Waals surface area (Å²) in [5.41, 5.74) is 5.33. The number of hydrogen-bond donors (Lipinski definition) is 1. The van der Waals surface area contributed by atoms with Crippen LogP contribution in [0, 0.1) is 6.92 Å². The normalized spacial score (nSPS) is 11.7. The Balaban J connectivity index is 1.89. The lowest BCUT2D eigenvalue weighted by Crippen LogP contribution is -2.16. The van der Waals surface area contributed by atoms with Gasteiger partial charge in [0, 0.05) is 27.8 Å². The van der Waals surface area contributed by atoms with Gasteiger partial charge in [0.15, 0.2) is 5.65 Å². The second-order valence-electron chi connectivity index (χ2n) is 8.53. The number of aryl methyl sites for hydroxylation is 1. The second kappa shape index (κ2) is 8.23. The maximum Gasteiger partial charge on any atom is 0.165 e. The lowest BCUT2D eigenvalue weighted by Gasteiger charge is -2.20. The molecule has 0 fully saturated rings. The fourth-order valence-electron chi connectivity index (χ4n) is 3.52. The van der Waals surface area contributed by atoms with E-state index in [2.05, 4.69) is 32.2 Å². The number of benzene rings is 2. The molecule has 0 radical (unpaired) electrons. The summed E-state index contributed by atoms with van der Waals surface area (Å²) in [7, 11) is 0. The predicted molar refractivity (Wildman–Crippen MR) is 128 cm³/mol. The van der Waals surface area contributed by atoms with Crippen molar-refractivity contribution >= 4 is 28.8 Å². The number of anilines is 2. The van der Waals surface area contributed by atoms with Gasteiger partial charge < -0.3 is 10.1 Å². The Morgan fingerprint density at radius 1 is 1.06 bits per heavy atom. The molecule has 1 N–H and O–H groups in total. The molecular formula is C25H27ClN4O. The van der Waals surface area contributed by atoms with Crippen LogP contribution in [0.3, 0.4) is 0 Å². The van der Waals surface area contributed by atoms with E-state index < -0.39 is 0 Å². The molecule has 0 spiro atoms. The van der Waals surface area contributed by atoms with E-state index in [-0.39, 0.29) is 5.41 Å². The van der Waals surface area contributed by atoms with Crippen LogP contribution >= 0.6 is 11.6 Å². The summed E-state index contributed by atoms with van der Waals surface area (Å²) in [6, 6.07) is 17.8. The molecule has 0 atom stereocenters. The minimum atomic E-state index is -0.132. The van der Waals surface area contributed by atoms with Crippen molar-refractivity contribution in [2.24, 2.45) is 0 Å². The standard InChI is InChI=1S/C25H27ClN4O/c1-6-31-18-13-11-17(12-14-18)27-22-15-21(25(3,4)5)28-24-23(16(2)29-30(22)24)19-9-7-8-10-20(19)26/h7-15,27H,6H2,1-5H3. The van der Waals surface area contributed by atoms with E-state index in [4.69, 9.17) is 26.4 Å². The maximum atomic E-state index is 6.54. The lowest BCUT2D eigenvalue weighted by atomic mass is 9.92. The summed E-state index contributed by atoms with van der Waals surface area (Å²) >= 11 is 6.54. The van der Waals surface area contributed by atoms with Gasteiger partial charge in [-0.3, -0.25) is 0 Å². The minimum absolute atomic E-state index is 0.132. The van der Waals surface area contributed by atoms with Crippen LogP contribution in [0.5, 0.6) is 5.75 Å². The number of ether oxygens (including phenoxy) is 1. The molecule has 0 unspecified atom stereocenters. The molecule has 5 nitrogen and oxygen atoms in total. The third kappa shape index (κ3) is 4.23. The summed E-state index contributed by atoms with van der Waals surface area (Å²) < 4.78 is 7.42. The summed E-state index contributed by atoms with van der Waals surface area (Å²) in [6.45, 7) is 11.1. The minimum Gasteiger partial charge on any atom is -0.494 e. The number of nitrogens with one attached hydrogen (secondary N) is 1. The monoisotopic (exact) mass is 434 g/mol. The topological polar surface area (TPSA) is 51.5 Å². The quantitative estimate of drug-likeness (QED) is 0.375. The van der Waals surface area contributed by atoms with E-state index in [0.717, 1.165) is 45.4 Å². The number of hydrogen-bond acceptors (Lipinski definition) is 4. The van der Waals surface area contributed by atoms with Crippen molar-refractivity contribution in [1.29, 1.82) is 0 Å². The third-order valence-electron chi connectivity index (χ3n) is 5.11. The van der Waals surface area contributed by atoms with Gasteiger partial charge in [0.25, 0.3) is 0 Å². The van der Waals surface area contributed by atoms with Crippen molar-refractivity contribution in [3.05, 3.63) is 71.0 Å². The smallest absolute Gasteiger partial charge is 0.165 e. The summed E-state index contributed by atoms with van der Waals surface area (Å²) in [5.74, 6) is 1.69. The molecule has 4 rings (SSSR count). The van der Waals surface area contributed by atoms with Gasteiger partial charge in [0.2, 0.25) is 0 Å². The zero-order valence-corrected chi connectivity index (χ0v) is 19.3. The van der Waals surface area contributed by atoms with Crippen LogP contribution in [0.25, 0.3) is 16.8 Å². The van der Waals surface area contributed by atoms with Crippen LogP contribution in [-0.4, -0.2) is 21.2 Å². The highest BCUT2D eigenvalue weighted by Gasteiger charge is 2.23. The Hall–Kier alpha value is -3.05.